The van der Waals surface area contributed by atoms with Crippen molar-refractivity contribution in [1.29, 1.82) is 0 Å². The molecule has 0 saturated carbocycles. The van der Waals surface area contributed by atoms with Crippen molar-refractivity contribution in [3.63, 3.8) is 0 Å². The first-order chi connectivity index (χ1) is 14.5. The van der Waals surface area contributed by atoms with Gasteiger partial charge in [0.1, 0.15) is 18.1 Å². The first-order valence-corrected chi connectivity index (χ1v) is 9.87. The molecule has 0 atom stereocenters. The SMILES string of the molecule is Cc1ccc(OCC(=O)N/N=C\c2cccc(OCc3ccc(Cl)cc3)c2)cc1C. The maximum atomic E-state index is 11.9. The van der Waals surface area contributed by atoms with Gasteiger partial charge in [-0.25, -0.2) is 5.43 Å². The van der Waals surface area contributed by atoms with E-state index in [1.165, 1.54) is 5.56 Å². The molecule has 0 radical (unpaired) electrons. The average Bonchev–Trinajstić information content (AvgIpc) is 2.74. The summed E-state index contributed by atoms with van der Waals surface area (Å²) in [5.74, 6) is 1.03. The molecule has 0 aromatic heterocycles. The highest BCUT2D eigenvalue weighted by Gasteiger charge is 2.03. The van der Waals surface area contributed by atoms with Crippen molar-refractivity contribution in [1.82, 2.24) is 5.43 Å². The number of aryl methyl sites for hydroxylation is 2. The summed E-state index contributed by atoms with van der Waals surface area (Å²) < 4.78 is 11.3. The lowest BCUT2D eigenvalue weighted by Gasteiger charge is -2.08. The smallest absolute Gasteiger partial charge is 0.277 e. The zero-order chi connectivity index (χ0) is 21.3. The summed E-state index contributed by atoms with van der Waals surface area (Å²) >= 11 is 5.89. The predicted octanol–water partition coefficient (Wildman–Crippen LogP) is 5.06. The number of nitrogens with zero attached hydrogens (tertiary/aromatic N) is 1. The first-order valence-electron chi connectivity index (χ1n) is 9.49. The highest BCUT2D eigenvalue weighted by atomic mass is 35.5. The topological polar surface area (TPSA) is 59.9 Å². The van der Waals surface area contributed by atoms with Crippen LogP contribution in [-0.4, -0.2) is 18.7 Å². The van der Waals surface area contributed by atoms with Crippen molar-refractivity contribution in [3.8, 4) is 11.5 Å². The molecular weight excluding hydrogens is 400 g/mol. The largest absolute Gasteiger partial charge is 0.489 e. The molecule has 0 unspecified atom stereocenters. The Balaban J connectivity index is 1.47. The van der Waals surface area contributed by atoms with Gasteiger partial charge in [-0.1, -0.05) is 41.9 Å². The normalized spacial score (nSPS) is 10.8. The summed E-state index contributed by atoms with van der Waals surface area (Å²) in [6.45, 7) is 4.35. The lowest BCUT2D eigenvalue weighted by molar-refractivity contribution is -0.123. The maximum Gasteiger partial charge on any atom is 0.277 e. The Bertz CT molecular complexity index is 1030. The molecule has 0 heterocycles. The van der Waals surface area contributed by atoms with Gasteiger partial charge in [0.2, 0.25) is 0 Å². The number of amides is 1. The van der Waals surface area contributed by atoms with Crippen LogP contribution in [0.5, 0.6) is 11.5 Å². The van der Waals surface area contributed by atoms with Crippen LogP contribution >= 0.6 is 11.6 Å². The molecular formula is C24H23ClN2O3. The summed E-state index contributed by atoms with van der Waals surface area (Å²) in [4.78, 5) is 11.9. The van der Waals surface area contributed by atoms with Crippen molar-refractivity contribution < 1.29 is 14.3 Å². The number of ether oxygens (including phenoxy) is 2. The molecule has 0 fully saturated rings. The summed E-state index contributed by atoms with van der Waals surface area (Å²) in [6, 6.07) is 20.6. The molecule has 0 saturated heterocycles. The summed E-state index contributed by atoms with van der Waals surface area (Å²) in [5, 5.41) is 4.67. The highest BCUT2D eigenvalue weighted by molar-refractivity contribution is 6.30. The van der Waals surface area contributed by atoms with Crippen molar-refractivity contribution in [2.24, 2.45) is 5.10 Å². The molecule has 0 spiro atoms. The van der Waals surface area contributed by atoms with E-state index < -0.39 is 0 Å². The van der Waals surface area contributed by atoms with Crippen LogP contribution in [0.15, 0.2) is 71.8 Å². The number of carbonyl (C=O) groups excluding carboxylic acids is 1. The van der Waals surface area contributed by atoms with Crippen LogP contribution in [0, 0.1) is 13.8 Å². The monoisotopic (exact) mass is 422 g/mol. The second-order valence-electron chi connectivity index (χ2n) is 6.82. The standard InChI is InChI=1S/C24H23ClN2O3/c1-17-6-11-23(12-18(17)2)30-16-24(28)27-26-14-20-4-3-5-22(13-20)29-15-19-7-9-21(25)10-8-19/h3-14H,15-16H2,1-2H3,(H,27,28)/b26-14-. The van der Waals surface area contributed by atoms with E-state index >= 15 is 0 Å². The number of rotatable bonds is 8. The molecule has 3 aromatic rings. The quantitative estimate of drug-likeness (QED) is 0.407. The molecule has 1 N–H and O–H groups in total. The van der Waals surface area contributed by atoms with E-state index in [0.29, 0.717) is 23.1 Å². The highest BCUT2D eigenvalue weighted by Crippen LogP contribution is 2.17. The van der Waals surface area contributed by atoms with Gasteiger partial charge in [0.05, 0.1) is 6.21 Å². The molecule has 0 aliphatic rings. The summed E-state index contributed by atoms with van der Waals surface area (Å²) in [7, 11) is 0. The zero-order valence-corrected chi connectivity index (χ0v) is 17.6. The Hall–Kier alpha value is -3.31. The van der Waals surface area contributed by atoms with Crippen molar-refractivity contribution in [3.05, 3.63) is 94.0 Å². The second kappa shape index (κ2) is 10.5. The predicted molar refractivity (Wildman–Crippen MR) is 119 cm³/mol. The molecule has 0 aliphatic heterocycles. The fraction of sp³-hybridized carbons (Fsp3) is 0.167. The Morgan fingerprint density at radius 2 is 1.73 bits per heavy atom. The fourth-order valence-electron chi connectivity index (χ4n) is 2.60. The lowest BCUT2D eigenvalue weighted by Crippen LogP contribution is -2.24. The third-order valence-electron chi connectivity index (χ3n) is 4.43. The minimum Gasteiger partial charge on any atom is -0.489 e. The van der Waals surface area contributed by atoms with Gasteiger partial charge < -0.3 is 9.47 Å². The van der Waals surface area contributed by atoms with Crippen LogP contribution in [0.3, 0.4) is 0 Å². The molecule has 30 heavy (non-hydrogen) atoms. The molecule has 0 aliphatic carbocycles. The van der Waals surface area contributed by atoms with Gasteiger partial charge >= 0.3 is 0 Å². The van der Waals surface area contributed by atoms with E-state index in [-0.39, 0.29) is 12.5 Å². The molecule has 3 aromatic carbocycles. The van der Waals surface area contributed by atoms with Gasteiger partial charge in [-0.2, -0.15) is 5.10 Å². The van der Waals surface area contributed by atoms with Crippen molar-refractivity contribution >= 4 is 23.7 Å². The zero-order valence-electron chi connectivity index (χ0n) is 16.9. The van der Waals surface area contributed by atoms with E-state index in [9.17, 15) is 4.79 Å². The minimum atomic E-state index is -0.334. The number of halogens is 1. The number of hydrogen-bond acceptors (Lipinski definition) is 4. The molecule has 3 rings (SSSR count). The molecule has 5 nitrogen and oxygen atoms in total. The molecule has 154 valence electrons. The average molecular weight is 423 g/mol. The summed E-state index contributed by atoms with van der Waals surface area (Å²) in [5.41, 5.74) is 6.58. The molecule has 1 amide bonds. The third kappa shape index (κ3) is 6.64. The van der Waals surface area contributed by atoms with E-state index in [1.807, 2.05) is 80.6 Å². The van der Waals surface area contributed by atoms with Crippen LogP contribution in [0.2, 0.25) is 5.02 Å². The van der Waals surface area contributed by atoms with Crippen LogP contribution in [0.4, 0.5) is 0 Å². The maximum absolute atomic E-state index is 11.9. The molecule has 6 heteroatoms. The lowest BCUT2D eigenvalue weighted by atomic mass is 10.1. The Kier molecular flexibility index (Phi) is 7.46. The van der Waals surface area contributed by atoms with Gasteiger partial charge in [0, 0.05) is 5.02 Å². The number of carbonyl (C=O) groups is 1. The Labute approximate surface area is 181 Å². The number of hydrogen-bond donors (Lipinski definition) is 1. The minimum absolute atomic E-state index is 0.107. The Morgan fingerprint density at radius 1 is 0.967 bits per heavy atom. The fourth-order valence-corrected chi connectivity index (χ4v) is 2.72. The van der Waals surface area contributed by atoms with E-state index in [2.05, 4.69) is 10.5 Å². The first kappa shape index (κ1) is 21.4. The molecule has 0 bridgehead atoms. The van der Waals surface area contributed by atoms with Gasteiger partial charge in [0.25, 0.3) is 5.91 Å². The summed E-state index contributed by atoms with van der Waals surface area (Å²) in [6.07, 6.45) is 1.56. The number of hydrazone groups is 1. The van der Waals surface area contributed by atoms with Crippen LogP contribution in [0.25, 0.3) is 0 Å². The van der Waals surface area contributed by atoms with Gasteiger partial charge in [0.15, 0.2) is 6.61 Å². The van der Waals surface area contributed by atoms with E-state index in [4.69, 9.17) is 21.1 Å². The van der Waals surface area contributed by atoms with Gasteiger partial charge in [-0.15, -0.1) is 0 Å². The Morgan fingerprint density at radius 3 is 2.50 bits per heavy atom. The number of benzene rings is 3. The van der Waals surface area contributed by atoms with Crippen LogP contribution in [-0.2, 0) is 11.4 Å². The second-order valence-corrected chi connectivity index (χ2v) is 7.25. The van der Waals surface area contributed by atoms with Crippen LogP contribution in [0.1, 0.15) is 22.3 Å². The van der Waals surface area contributed by atoms with Gasteiger partial charge in [-0.05, 0) is 72.5 Å². The van der Waals surface area contributed by atoms with Crippen molar-refractivity contribution in [2.45, 2.75) is 20.5 Å². The van der Waals surface area contributed by atoms with E-state index in [0.717, 1.165) is 16.7 Å². The van der Waals surface area contributed by atoms with Crippen molar-refractivity contribution in [2.75, 3.05) is 6.61 Å². The van der Waals surface area contributed by atoms with Crippen LogP contribution < -0.4 is 14.9 Å². The van der Waals surface area contributed by atoms with E-state index in [1.54, 1.807) is 6.21 Å². The number of nitrogens with one attached hydrogen (secondary N) is 1. The third-order valence-corrected chi connectivity index (χ3v) is 4.68. The van der Waals surface area contributed by atoms with Gasteiger partial charge in [-0.3, -0.25) is 4.79 Å².